The van der Waals surface area contributed by atoms with E-state index in [1.54, 1.807) is 40.7 Å². The summed E-state index contributed by atoms with van der Waals surface area (Å²) in [5, 5.41) is 0. The number of halogens is 3. The molecule has 0 radical (unpaired) electrons. The molecule has 0 bridgehead atoms. The largest absolute Gasteiger partial charge is 0.508 e. The van der Waals surface area contributed by atoms with E-state index in [2.05, 4.69) is 27.4 Å². The molecule has 0 aliphatic heterocycles. The molecule has 0 aliphatic rings. The lowest BCUT2D eigenvalue weighted by Crippen LogP contribution is -2.50. The van der Waals surface area contributed by atoms with E-state index in [0.717, 1.165) is 18.1 Å². The average Bonchev–Trinajstić information content (AvgIpc) is 2.78. The molecule has 0 saturated carbocycles. The fourth-order valence-corrected chi connectivity index (χ4v) is 7.12. The SMILES string of the molecule is C=CC[C@H](C)[C@@H](CC(=O)C(C)(C)[C@H](CC(=O)OC(C)(C)C)O[Si](CC)(CC)CC)OC(=O)OCC(Cl)(Cl)Cl. The Labute approximate surface area is 245 Å². The first-order chi connectivity index (χ1) is 17.3. The summed E-state index contributed by atoms with van der Waals surface area (Å²) in [4.78, 5) is 39.0. The highest BCUT2D eigenvalue weighted by Gasteiger charge is 2.45. The topological polar surface area (TPSA) is 88.1 Å². The van der Waals surface area contributed by atoms with Crippen LogP contribution in [0.4, 0.5) is 4.79 Å². The van der Waals surface area contributed by atoms with Gasteiger partial charge in [0.05, 0.1) is 12.5 Å². The van der Waals surface area contributed by atoms with Crippen molar-refractivity contribution >= 4 is 61.0 Å². The molecule has 0 aromatic carbocycles. The van der Waals surface area contributed by atoms with Gasteiger partial charge < -0.3 is 18.6 Å². The van der Waals surface area contributed by atoms with Gasteiger partial charge in [-0.25, -0.2) is 4.79 Å². The zero-order chi connectivity index (χ0) is 29.9. The monoisotopic (exact) mass is 616 g/mol. The first kappa shape index (κ1) is 37.2. The first-order valence-electron chi connectivity index (χ1n) is 13.2. The van der Waals surface area contributed by atoms with E-state index in [-0.39, 0.29) is 24.5 Å². The molecule has 222 valence electrons. The summed E-state index contributed by atoms with van der Waals surface area (Å²) >= 11 is 17.0. The highest BCUT2D eigenvalue weighted by Crippen LogP contribution is 2.36. The van der Waals surface area contributed by atoms with Crippen LogP contribution in [-0.2, 0) is 28.2 Å². The summed E-state index contributed by atoms with van der Waals surface area (Å²) in [6.07, 6.45) is -0.577. The maximum Gasteiger partial charge on any atom is 0.508 e. The van der Waals surface area contributed by atoms with Crippen molar-refractivity contribution in [3.63, 3.8) is 0 Å². The van der Waals surface area contributed by atoms with Crippen LogP contribution in [0.5, 0.6) is 0 Å². The number of rotatable bonds is 16. The molecule has 0 spiro atoms. The van der Waals surface area contributed by atoms with Gasteiger partial charge in [-0.2, -0.15) is 0 Å². The van der Waals surface area contributed by atoms with E-state index in [1.807, 2.05) is 6.92 Å². The van der Waals surface area contributed by atoms with Crippen LogP contribution in [0, 0.1) is 11.3 Å². The normalized spacial score (nSPS) is 15.3. The van der Waals surface area contributed by atoms with E-state index in [9.17, 15) is 14.4 Å². The zero-order valence-corrected chi connectivity index (χ0v) is 27.7. The van der Waals surface area contributed by atoms with Crippen LogP contribution in [0.15, 0.2) is 12.7 Å². The van der Waals surface area contributed by atoms with Crippen LogP contribution in [0.25, 0.3) is 0 Å². The summed E-state index contributed by atoms with van der Waals surface area (Å²) in [6.45, 7) is 20.3. The van der Waals surface area contributed by atoms with Gasteiger partial charge in [-0.15, -0.1) is 6.58 Å². The first-order valence-corrected chi connectivity index (χ1v) is 16.9. The summed E-state index contributed by atoms with van der Waals surface area (Å²) < 4.78 is 20.9. The van der Waals surface area contributed by atoms with Crippen LogP contribution in [0.2, 0.25) is 18.1 Å². The molecule has 0 aromatic heterocycles. The summed E-state index contributed by atoms with van der Waals surface area (Å²) in [7, 11) is -2.21. The van der Waals surface area contributed by atoms with Gasteiger partial charge in [0.1, 0.15) is 24.1 Å². The smallest absolute Gasteiger partial charge is 0.460 e. The van der Waals surface area contributed by atoms with Crippen LogP contribution >= 0.6 is 34.8 Å². The molecule has 38 heavy (non-hydrogen) atoms. The molecule has 0 fully saturated rings. The van der Waals surface area contributed by atoms with E-state index in [4.69, 9.17) is 53.4 Å². The number of ether oxygens (including phenoxy) is 3. The highest BCUT2D eigenvalue weighted by molar-refractivity contribution is 6.73. The number of carbonyl (C=O) groups is 3. The lowest BCUT2D eigenvalue weighted by atomic mass is 9.77. The van der Waals surface area contributed by atoms with Gasteiger partial charge >= 0.3 is 12.1 Å². The van der Waals surface area contributed by atoms with Gasteiger partial charge in [0.2, 0.25) is 3.79 Å². The number of esters is 1. The van der Waals surface area contributed by atoms with Crippen molar-refractivity contribution in [2.75, 3.05) is 6.61 Å². The highest BCUT2D eigenvalue weighted by atomic mass is 35.6. The van der Waals surface area contributed by atoms with Crippen LogP contribution in [0.3, 0.4) is 0 Å². The van der Waals surface area contributed by atoms with E-state index < -0.39 is 54.1 Å². The molecule has 0 N–H and O–H groups in total. The maximum atomic E-state index is 13.8. The Hall–Kier alpha value is -0.803. The Balaban J connectivity index is 6.05. The minimum atomic E-state index is -2.21. The molecule has 0 aromatic rings. The van der Waals surface area contributed by atoms with Gasteiger partial charge in [-0.05, 0) is 51.2 Å². The quantitative estimate of drug-likeness (QED) is 0.0746. The van der Waals surface area contributed by atoms with Crippen molar-refractivity contribution in [2.45, 2.75) is 121 Å². The third-order valence-electron chi connectivity index (χ3n) is 6.78. The Bertz CT molecular complexity index is 778. The molecule has 0 saturated heterocycles. The molecule has 0 amide bonds. The van der Waals surface area contributed by atoms with Gasteiger partial charge in [0.25, 0.3) is 0 Å². The third kappa shape index (κ3) is 13.5. The lowest BCUT2D eigenvalue weighted by molar-refractivity contribution is -0.159. The molecule has 0 unspecified atom stereocenters. The summed E-state index contributed by atoms with van der Waals surface area (Å²) in [6, 6.07) is 2.56. The van der Waals surface area contributed by atoms with E-state index >= 15 is 0 Å². The van der Waals surface area contributed by atoms with Crippen LogP contribution in [0.1, 0.15) is 81.6 Å². The van der Waals surface area contributed by atoms with E-state index in [0.29, 0.717) is 6.42 Å². The molecule has 0 heterocycles. The molecule has 0 aliphatic carbocycles. The lowest BCUT2D eigenvalue weighted by Gasteiger charge is -2.41. The van der Waals surface area contributed by atoms with Crippen molar-refractivity contribution in [2.24, 2.45) is 11.3 Å². The van der Waals surface area contributed by atoms with E-state index in [1.165, 1.54) is 0 Å². The molecule has 7 nitrogen and oxygen atoms in total. The van der Waals surface area contributed by atoms with Gasteiger partial charge in [-0.1, -0.05) is 82.4 Å². The summed E-state index contributed by atoms with van der Waals surface area (Å²) in [5.74, 6) is -0.891. The minimum absolute atomic E-state index is 0.0657. The average molecular weight is 618 g/mol. The third-order valence-corrected chi connectivity index (χ3v) is 11.8. The molecule has 0 rings (SSSR count). The Morgan fingerprint density at radius 3 is 1.89 bits per heavy atom. The number of hydrogen-bond donors (Lipinski definition) is 0. The predicted octanol–water partition coefficient (Wildman–Crippen LogP) is 8.20. The number of hydrogen-bond acceptors (Lipinski definition) is 7. The Morgan fingerprint density at radius 2 is 1.47 bits per heavy atom. The van der Waals surface area contributed by atoms with Crippen molar-refractivity contribution in [1.82, 2.24) is 0 Å². The summed E-state index contributed by atoms with van der Waals surface area (Å²) in [5.41, 5.74) is -1.75. The number of Topliss-reactive ketones (excluding diaryl/α,β-unsaturated/α-hetero) is 1. The Kier molecular flexibility index (Phi) is 15.5. The fraction of sp³-hybridized carbons (Fsp3) is 0.815. The second kappa shape index (κ2) is 15.8. The van der Waals surface area contributed by atoms with Gasteiger partial charge in [0.15, 0.2) is 8.32 Å². The zero-order valence-electron chi connectivity index (χ0n) is 24.5. The number of alkyl halides is 3. The predicted molar refractivity (Wildman–Crippen MR) is 156 cm³/mol. The second-order valence-electron chi connectivity index (χ2n) is 11.3. The molecule has 11 heteroatoms. The molecular weight excluding hydrogens is 571 g/mol. The second-order valence-corrected chi connectivity index (χ2v) is 18.5. The van der Waals surface area contributed by atoms with Gasteiger partial charge in [0, 0.05) is 11.8 Å². The van der Waals surface area contributed by atoms with Gasteiger partial charge in [-0.3, -0.25) is 9.59 Å². The molecule has 3 atom stereocenters. The van der Waals surface area contributed by atoms with Crippen LogP contribution in [-0.4, -0.2) is 54.4 Å². The standard InChI is InChI=1S/C27H47Cl3O7Si/c1-11-15-19(5)20(35-24(33)34-18-27(28,29)30)16-21(31)26(9,10)22(17-23(32)36-25(6,7)8)37-38(12-2,13-3)14-4/h11,19-20,22H,1,12-18H2,2-10H3/t19-,20+,22-/m0/s1. The fourth-order valence-electron chi connectivity index (χ4n) is 3.98. The minimum Gasteiger partial charge on any atom is -0.460 e. The maximum absolute atomic E-state index is 13.8. The van der Waals surface area contributed by atoms with Crippen LogP contribution < -0.4 is 0 Å². The number of allylic oxidation sites excluding steroid dienone is 1. The van der Waals surface area contributed by atoms with Crippen molar-refractivity contribution in [3.8, 4) is 0 Å². The number of carbonyl (C=O) groups excluding carboxylic acids is 3. The van der Waals surface area contributed by atoms with Crippen molar-refractivity contribution in [3.05, 3.63) is 12.7 Å². The number of ketones is 1. The Morgan fingerprint density at radius 1 is 0.947 bits per heavy atom. The van der Waals surface area contributed by atoms with Crippen molar-refractivity contribution in [1.29, 1.82) is 0 Å². The van der Waals surface area contributed by atoms with Crippen molar-refractivity contribution < 1.29 is 33.0 Å². The molecular formula is C27H47Cl3O7Si.